The second kappa shape index (κ2) is 10.5. The van der Waals surface area contributed by atoms with Gasteiger partial charge in [0.15, 0.2) is 11.5 Å². The molecule has 1 amide bonds. The summed E-state index contributed by atoms with van der Waals surface area (Å²) in [5.41, 5.74) is 0.519. The molecule has 0 spiro atoms. The third kappa shape index (κ3) is 7.02. The first-order chi connectivity index (χ1) is 11.1. The Kier molecular flexibility index (Phi) is 8.55. The maximum Gasteiger partial charge on any atom is 0.220 e. The minimum atomic E-state index is 0.0323. The molecular formula is C17H25N3O3. The SMILES string of the molecule is CCN(C)CCNC(=O)CCCOc1ccc(C#N)cc1OC. The van der Waals surface area contributed by atoms with E-state index in [0.717, 1.165) is 13.1 Å². The number of amides is 1. The number of ether oxygens (including phenoxy) is 2. The van der Waals surface area contributed by atoms with Crippen LogP contribution in [-0.4, -0.2) is 51.2 Å². The third-order valence-corrected chi connectivity index (χ3v) is 3.45. The molecule has 0 atom stereocenters. The lowest BCUT2D eigenvalue weighted by molar-refractivity contribution is -0.121. The van der Waals surface area contributed by atoms with E-state index in [1.54, 1.807) is 18.2 Å². The van der Waals surface area contributed by atoms with Crippen molar-refractivity contribution >= 4 is 5.91 Å². The molecule has 0 radical (unpaired) electrons. The summed E-state index contributed by atoms with van der Waals surface area (Å²) in [6, 6.07) is 7.06. The Bertz CT molecular complexity index is 540. The van der Waals surface area contributed by atoms with Crippen molar-refractivity contribution in [2.24, 2.45) is 0 Å². The number of carbonyl (C=O) groups excluding carboxylic acids is 1. The average molecular weight is 319 g/mol. The normalized spacial score (nSPS) is 10.2. The van der Waals surface area contributed by atoms with Gasteiger partial charge in [-0.05, 0) is 32.1 Å². The lowest BCUT2D eigenvalue weighted by Crippen LogP contribution is -2.32. The van der Waals surface area contributed by atoms with Crippen molar-refractivity contribution in [1.29, 1.82) is 5.26 Å². The van der Waals surface area contributed by atoms with Crippen molar-refractivity contribution in [2.45, 2.75) is 19.8 Å². The first-order valence-corrected chi connectivity index (χ1v) is 7.76. The fourth-order valence-electron chi connectivity index (χ4n) is 1.90. The van der Waals surface area contributed by atoms with Crippen LogP contribution in [0.25, 0.3) is 0 Å². The van der Waals surface area contributed by atoms with E-state index in [4.69, 9.17) is 14.7 Å². The molecule has 1 aromatic rings. The Morgan fingerprint density at radius 1 is 1.39 bits per heavy atom. The summed E-state index contributed by atoms with van der Waals surface area (Å²) in [7, 11) is 3.55. The molecule has 0 fully saturated rings. The fourth-order valence-corrected chi connectivity index (χ4v) is 1.90. The van der Waals surface area contributed by atoms with E-state index in [1.165, 1.54) is 7.11 Å². The van der Waals surface area contributed by atoms with Gasteiger partial charge in [-0.1, -0.05) is 6.92 Å². The van der Waals surface area contributed by atoms with Gasteiger partial charge in [-0.25, -0.2) is 0 Å². The highest BCUT2D eigenvalue weighted by molar-refractivity contribution is 5.75. The lowest BCUT2D eigenvalue weighted by Gasteiger charge is -2.14. The van der Waals surface area contributed by atoms with Crippen LogP contribution in [0, 0.1) is 11.3 Å². The molecule has 126 valence electrons. The smallest absolute Gasteiger partial charge is 0.220 e. The van der Waals surface area contributed by atoms with Crippen molar-refractivity contribution in [3.63, 3.8) is 0 Å². The molecular weight excluding hydrogens is 294 g/mol. The van der Waals surface area contributed by atoms with Gasteiger partial charge in [0, 0.05) is 25.6 Å². The number of benzene rings is 1. The van der Waals surface area contributed by atoms with Gasteiger partial charge < -0.3 is 19.7 Å². The second-order valence-electron chi connectivity index (χ2n) is 5.18. The number of carbonyl (C=O) groups is 1. The van der Waals surface area contributed by atoms with E-state index < -0.39 is 0 Å². The molecule has 0 bridgehead atoms. The Balaban J connectivity index is 2.27. The van der Waals surface area contributed by atoms with E-state index in [1.807, 2.05) is 7.05 Å². The van der Waals surface area contributed by atoms with Crippen LogP contribution in [0.5, 0.6) is 11.5 Å². The number of hydrogen-bond donors (Lipinski definition) is 1. The molecule has 0 heterocycles. The molecule has 0 aliphatic rings. The van der Waals surface area contributed by atoms with Gasteiger partial charge in [-0.2, -0.15) is 5.26 Å². The van der Waals surface area contributed by atoms with Crippen LogP contribution in [0.15, 0.2) is 18.2 Å². The Hall–Kier alpha value is -2.26. The van der Waals surface area contributed by atoms with E-state index in [0.29, 0.717) is 43.1 Å². The summed E-state index contributed by atoms with van der Waals surface area (Å²) in [6.07, 6.45) is 1.05. The average Bonchev–Trinajstić information content (AvgIpc) is 2.58. The summed E-state index contributed by atoms with van der Waals surface area (Å²) in [5.74, 6) is 1.14. The van der Waals surface area contributed by atoms with Gasteiger partial charge in [-0.3, -0.25) is 4.79 Å². The largest absolute Gasteiger partial charge is 0.493 e. The molecule has 1 rings (SSSR count). The van der Waals surface area contributed by atoms with Crippen molar-refractivity contribution in [2.75, 3.05) is 40.4 Å². The van der Waals surface area contributed by atoms with Gasteiger partial charge in [0.1, 0.15) is 0 Å². The predicted octanol–water partition coefficient (Wildman–Crippen LogP) is 1.79. The number of nitriles is 1. The zero-order valence-corrected chi connectivity index (χ0v) is 14.1. The molecule has 6 heteroatoms. The maximum absolute atomic E-state index is 11.7. The molecule has 0 aromatic heterocycles. The quantitative estimate of drug-likeness (QED) is 0.666. The third-order valence-electron chi connectivity index (χ3n) is 3.45. The van der Waals surface area contributed by atoms with Crippen LogP contribution in [-0.2, 0) is 4.79 Å². The number of nitrogens with zero attached hydrogens (tertiary/aromatic N) is 2. The predicted molar refractivity (Wildman–Crippen MR) is 88.6 cm³/mol. The van der Waals surface area contributed by atoms with E-state index in [-0.39, 0.29) is 5.91 Å². The summed E-state index contributed by atoms with van der Waals surface area (Å²) >= 11 is 0. The molecule has 1 N–H and O–H groups in total. The molecule has 1 aromatic carbocycles. The number of methoxy groups -OCH3 is 1. The number of hydrogen-bond acceptors (Lipinski definition) is 5. The van der Waals surface area contributed by atoms with E-state index in [9.17, 15) is 4.79 Å². The van der Waals surface area contributed by atoms with Crippen LogP contribution in [0.2, 0.25) is 0 Å². The highest BCUT2D eigenvalue weighted by atomic mass is 16.5. The molecule has 0 unspecified atom stereocenters. The van der Waals surface area contributed by atoms with Gasteiger partial charge in [0.25, 0.3) is 0 Å². The van der Waals surface area contributed by atoms with Crippen molar-refractivity contribution in [1.82, 2.24) is 10.2 Å². The highest BCUT2D eigenvalue weighted by Gasteiger charge is 2.06. The molecule has 0 aliphatic heterocycles. The highest BCUT2D eigenvalue weighted by Crippen LogP contribution is 2.27. The Labute approximate surface area is 138 Å². The van der Waals surface area contributed by atoms with Crippen LogP contribution < -0.4 is 14.8 Å². The minimum Gasteiger partial charge on any atom is -0.493 e. The second-order valence-corrected chi connectivity index (χ2v) is 5.18. The number of rotatable bonds is 10. The van der Waals surface area contributed by atoms with Gasteiger partial charge in [0.05, 0.1) is 25.3 Å². The van der Waals surface area contributed by atoms with Crippen molar-refractivity contribution < 1.29 is 14.3 Å². The zero-order valence-electron chi connectivity index (χ0n) is 14.1. The van der Waals surface area contributed by atoms with Crippen LogP contribution in [0.4, 0.5) is 0 Å². The Morgan fingerprint density at radius 3 is 2.83 bits per heavy atom. The monoisotopic (exact) mass is 319 g/mol. The van der Waals surface area contributed by atoms with E-state index in [2.05, 4.69) is 23.2 Å². The van der Waals surface area contributed by atoms with Gasteiger partial charge in [0.2, 0.25) is 5.91 Å². The zero-order chi connectivity index (χ0) is 17.1. The minimum absolute atomic E-state index is 0.0323. The summed E-state index contributed by atoms with van der Waals surface area (Å²) < 4.78 is 10.8. The van der Waals surface area contributed by atoms with Crippen molar-refractivity contribution in [3.05, 3.63) is 23.8 Å². The topological polar surface area (TPSA) is 74.6 Å². The van der Waals surface area contributed by atoms with Crippen molar-refractivity contribution in [3.8, 4) is 17.6 Å². The summed E-state index contributed by atoms with van der Waals surface area (Å²) in [6.45, 7) is 4.98. The summed E-state index contributed by atoms with van der Waals surface area (Å²) in [5, 5.41) is 11.7. The molecule has 23 heavy (non-hydrogen) atoms. The number of nitrogens with one attached hydrogen (secondary N) is 1. The van der Waals surface area contributed by atoms with Crippen LogP contribution in [0.1, 0.15) is 25.3 Å². The lowest BCUT2D eigenvalue weighted by atomic mass is 10.2. The van der Waals surface area contributed by atoms with Crippen LogP contribution >= 0.6 is 0 Å². The molecule has 0 saturated carbocycles. The molecule has 0 saturated heterocycles. The first-order valence-electron chi connectivity index (χ1n) is 7.76. The van der Waals surface area contributed by atoms with Gasteiger partial charge in [-0.15, -0.1) is 0 Å². The summed E-state index contributed by atoms with van der Waals surface area (Å²) in [4.78, 5) is 13.8. The standard InChI is InChI=1S/C17H25N3O3/c1-4-20(2)10-9-19-17(21)6-5-11-23-15-8-7-14(13-18)12-16(15)22-3/h7-8,12H,4-6,9-11H2,1-3H3,(H,19,21). The van der Waals surface area contributed by atoms with Gasteiger partial charge >= 0.3 is 0 Å². The fraction of sp³-hybridized carbons (Fsp3) is 0.529. The number of likely N-dealkylation sites (N-methyl/N-ethyl adjacent to an activating group) is 1. The Morgan fingerprint density at radius 2 is 2.17 bits per heavy atom. The molecule has 6 nitrogen and oxygen atoms in total. The molecule has 0 aliphatic carbocycles. The van der Waals surface area contributed by atoms with Crippen LogP contribution in [0.3, 0.4) is 0 Å². The first kappa shape index (κ1) is 18.8. The van der Waals surface area contributed by atoms with E-state index >= 15 is 0 Å². The maximum atomic E-state index is 11.7.